The Morgan fingerprint density at radius 3 is 3.16 bits per heavy atom. The highest BCUT2D eigenvalue weighted by Gasteiger charge is 2.29. The Morgan fingerprint density at radius 2 is 2.37 bits per heavy atom. The molecule has 19 heavy (non-hydrogen) atoms. The van der Waals surface area contributed by atoms with Gasteiger partial charge in [-0.1, -0.05) is 12.1 Å². The average Bonchev–Trinajstić information content (AvgIpc) is 2.78. The molecule has 3 rings (SSSR count). The van der Waals surface area contributed by atoms with Gasteiger partial charge in [-0.25, -0.2) is 0 Å². The predicted octanol–water partition coefficient (Wildman–Crippen LogP) is 2.41. The van der Waals surface area contributed by atoms with Crippen molar-refractivity contribution in [1.29, 1.82) is 0 Å². The molecule has 1 unspecified atom stereocenters. The van der Waals surface area contributed by atoms with E-state index in [4.69, 9.17) is 9.84 Å². The van der Waals surface area contributed by atoms with Gasteiger partial charge in [-0.05, 0) is 29.9 Å². The molecule has 4 heteroatoms. The van der Waals surface area contributed by atoms with Gasteiger partial charge in [0.05, 0.1) is 18.7 Å². The maximum Gasteiger partial charge on any atom is 0.303 e. The molecule has 1 aromatic rings. The van der Waals surface area contributed by atoms with Crippen molar-refractivity contribution in [3.8, 4) is 5.75 Å². The minimum absolute atomic E-state index is 0.104. The van der Waals surface area contributed by atoms with Crippen molar-refractivity contribution in [2.75, 3.05) is 25.1 Å². The molecule has 0 spiro atoms. The smallest absolute Gasteiger partial charge is 0.303 e. The zero-order valence-corrected chi connectivity index (χ0v) is 11.2. The van der Waals surface area contributed by atoms with Crippen LogP contribution < -0.4 is 9.64 Å². The predicted molar refractivity (Wildman–Crippen MR) is 73.1 cm³/mol. The Hall–Kier alpha value is -1.71. The monoisotopic (exact) mass is 261 g/mol. The van der Waals surface area contributed by atoms with E-state index >= 15 is 0 Å². The SMILES string of the molecule is CN1CCCC(CC(=O)O)c2ccc3c(c21)OCC3. The average molecular weight is 261 g/mol. The first-order chi connectivity index (χ1) is 9.16. The van der Waals surface area contributed by atoms with E-state index in [1.165, 1.54) is 5.56 Å². The number of benzene rings is 1. The lowest BCUT2D eigenvalue weighted by molar-refractivity contribution is -0.137. The van der Waals surface area contributed by atoms with Crippen molar-refractivity contribution in [3.63, 3.8) is 0 Å². The highest BCUT2D eigenvalue weighted by molar-refractivity contribution is 5.73. The van der Waals surface area contributed by atoms with Gasteiger partial charge >= 0.3 is 5.97 Å². The molecule has 0 saturated heterocycles. The highest BCUT2D eigenvalue weighted by Crippen LogP contribution is 2.45. The zero-order valence-electron chi connectivity index (χ0n) is 11.2. The molecule has 4 nitrogen and oxygen atoms in total. The van der Waals surface area contributed by atoms with E-state index in [1.54, 1.807) is 0 Å². The summed E-state index contributed by atoms with van der Waals surface area (Å²) in [4.78, 5) is 13.3. The maximum absolute atomic E-state index is 11.1. The van der Waals surface area contributed by atoms with Crippen molar-refractivity contribution in [3.05, 3.63) is 23.3 Å². The fraction of sp³-hybridized carbons (Fsp3) is 0.533. The number of nitrogens with zero attached hydrogens (tertiary/aromatic N) is 1. The molecule has 0 radical (unpaired) electrons. The zero-order chi connectivity index (χ0) is 13.4. The summed E-state index contributed by atoms with van der Waals surface area (Å²) < 4.78 is 5.79. The molecule has 0 fully saturated rings. The van der Waals surface area contributed by atoms with Gasteiger partial charge in [0.2, 0.25) is 0 Å². The van der Waals surface area contributed by atoms with Gasteiger partial charge in [-0.15, -0.1) is 0 Å². The Morgan fingerprint density at radius 1 is 1.53 bits per heavy atom. The molecule has 1 N–H and O–H groups in total. The molecule has 2 aliphatic heterocycles. The van der Waals surface area contributed by atoms with Crippen LogP contribution in [-0.4, -0.2) is 31.3 Å². The second kappa shape index (κ2) is 4.76. The molecule has 102 valence electrons. The van der Waals surface area contributed by atoms with Crippen LogP contribution >= 0.6 is 0 Å². The van der Waals surface area contributed by atoms with Gasteiger partial charge in [0, 0.05) is 20.0 Å². The van der Waals surface area contributed by atoms with E-state index in [9.17, 15) is 4.79 Å². The largest absolute Gasteiger partial charge is 0.491 e. The Labute approximate surface area is 113 Å². The van der Waals surface area contributed by atoms with Crippen LogP contribution in [0.2, 0.25) is 0 Å². The number of fused-ring (bicyclic) bond motifs is 3. The number of anilines is 1. The van der Waals surface area contributed by atoms with E-state index in [0.29, 0.717) is 0 Å². The minimum Gasteiger partial charge on any atom is -0.491 e. The summed E-state index contributed by atoms with van der Waals surface area (Å²) in [5.74, 6) is 0.367. The number of carboxylic acid groups (broad SMARTS) is 1. The molecule has 2 heterocycles. The van der Waals surface area contributed by atoms with Crippen LogP contribution in [0, 0.1) is 0 Å². The Balaban J connectivity index is 2.08. The van der Waals surface area contributed by atoms with Gasteiger partial charge in [0.15, 0.2) is 0 Å². The van der Waals surface area contributed by atoms with E-state index in [2.05, 4.69) is 24.1 Å². The lowest BCUT2D eigenvalue weighted by atomic mass is 9.90. The normalized spacial score (nSPS) is 21.3. The highest BCUT2D eigenvalue weighted by atomic mass is 16.5. The van der Waals surface area contributed by atoms with Crippen molar-refractivity contribution < 1.29 is 14.6 Å². The number of carboxylic acids is 1. The van der Waals surface area contributed by atoms with Crippen LogP contribution in [-0.2, 0) is 11.2 Å². The summed E-state index contributed by atoms with van der Waals surface area (Å²) in [5, 5.41) is 9.10. The molecule has 0 saturated carbocycles. The lowest BCUT2D eigenvalue weighted by Crippen LogP contribution is -2.18. The quantitative estimate of drug-likeness (QED) is 0.888. The van der Waals surface area contributed by atoms with E-state index < -0.39 is 5.97 Å². The maximum atomic E-state index is 11.1. The molecule has 1 aromatic carbocycles. The van der Waals surface area contributed by atoms with Gasteiger partial charge in [-0.3, -0.25) is 4.79 Å². The fourth-order valence-corrected chi connectivity index (χ4v) is 3.24. The standard InChI is InChI=1S/C15H19NO3/c1-16-7-2-3-11(9-13(17)18)12-5-4-10-6-8-19-15(10)14(12)16/h4-5,11H,2-3,6-9H2,1H3,(H,17,18). The molecule has 1 atom stereocenters. The topological polar surface area (TPSA) is 49.8 Å². The number of carbonyl (C=O) groups is 1. The molecular formula is C15H19NO3. The van der Waals surface area contributed by atoms with Crippen molar-refractivity contribution >= 4 is 11.7 Å². The fourth-order valence-electron chi connectivity index (χ4n) is 3.24. The number of ether oxygens (including phenoxy) is 1. The van der Waals surface area contributed by atoms with Crippen molar-refractivity contribution in [2.24, 2.45) is 0 Å². The Bertz CT molecular complexity index is 512. The van der Waals surface area contributed by atoms with E-state index in [-0.39, 0.29) is 12.3 Å². The van der Waals surface area contributed by atoms with Crippen molar-refractivity contribution in [2.45, 2.75) is 31.6 Å². The van der Waals surface area contributed by atoms with Gasteiger partial charge in [0.1, 0.15) is 5.75 Å². The van der Waals surface area contributed by atoms with Gasteiger partial charge < -0.3 is 14.7 Å². The molecule has 2 aliphatic rings. The number of hydrogen-bond acceptors (Lipinski definition) is 3. The number of aliphatic carboxylic acids is 1. The Kier molecular flexibility index (Phi) is 3.09. The third-order valence-electron chi connectivity index (χ3n) is 4.15. The summed E-state index contributed by atoms with van der Waals surface area (Å²) in [6, 6.07) is 4.22. The summed E-state index contributed by atoms with van der Waals surface area (Å²) >= 11 is 0. The second-order valence-corrected chi connectivity index (χ2v) is 5.45. The van der Waals surface area contributed by atoms with E-state index in [1.807, 2.05) is 0 Å². The first kappa shape index (κ1) is 12.3. The summed E-state index contributed by atoms with van der Waals surface area (Å²) in [5.41, 5.74) is 3.52. The van der Waals surface area contributed by atoms with Crippen LogP contribution in [0.4, 0.5) is 5.69 Å². The summed E-state index contributed by atoms with van der Waals surface area (Å²) in [7, 11) is 2.07. The van der Waals surface area contributed by atoms with Crippen molar-refractivity contribution in [1.82, 2.24) is 0 Å². The second-order valence-electron chi connectivity index (χ2n) is 5.45. The van der Waals surface area contributed by atoms with Gasteiger partial charge in [0.25, 0.3) is 0 Å². The molecule has 0 aliphatic carbocycles. The first-order valence-corrected chi connectivity index (χ1v) is 6.88. The number of hydrogen-bond donors (Lipinski definition) is 1. The molecule has 0 bridgehead atoms. The van der Waals surface area contributed by atoms with E-state index in [0.717, 1.165) is 49.4 Å². The van der Waals surface area contributed by atoms with Crippen LogP contribution in [0.5, 0.6) is 5.75 Å². The third-order valence-corrected chi connectivity index (χ3v) is 4.15. The molecular weight excluding hydrogens is 242 g/mol. The lowest BCUT2D eigenvalue weighted by Gasteiger charge is -2.23. The molecule has 0 amide bonds. The van der Waals surface area contributed by atoms with Crippen LogP contribution in [0.3, 0.4) is 0 Å². The number of rotatable bonds is 2. The van der Waals surface area contributed by atoms with Gasteiger partial charge in [-0.2, -0.15) is 0 Å². The third kappa shape index (κ3) is 2.15. The molecule has 0 aromatic heterocycles. The first-order valence-electron chi connectivity index (χ1n) is 6.88. The summed E-state index contributed by atoms with van der Waals surface area (Å²) in [6.07, 6.45) is 3.13. The van der Waals surface area contributed by atoms with Crippen LogP contribution in [0.15, 0.2) is 12.1 Å². The van der Waals surface area contributed by atoms with Crippen LogP contribution in [0.1, 0.15) is 36.3 Å². The van der Waals surface area contributed by atoms with Crippen LogP contribution in [0.25, 0.3) is 0 Å². The minimum atomic E-state index is -0.720. The summed E-state index contributed by atoms with van der Waals surface area (Å²) in [6.45, 7) is 1.70.